The molecular formula is C2H8O9S2. The van der Waals surface area contributed by atoms with Crippen molar-refractivity contribution >= 4 is 27.1 Å². The van der Waals surface area contributed by atoms with Crippen LogP contribution in [0.4, 0.5) is 0 Å². The minimum atomic E-state index is -4.67. The first-order valence-electron chi connectivity index (χ1n) is 2.21. The van der Waals surface area contributed by atoms with Gasteiger partial charge in [-0.2, -0.15) is 16.8 Å². The summed E-state index contributed by atoms with van der Waals surface area (Å²) < 4.78 is 63.2. The van der Waals surface area contributed by atoms with E-state index < -0.39 is 20.8 Å². The summed E-state index contributed by atoms with van der Waals surface area (Å²) in [7, 11) is -9.33. The summed E-state index contributed by atoms with van der Waals surface area (Å²) in [5.41, 5.74) is 0. The zero-order valence-electron chi connectivity index (χ0n) is 6.22. The van der Waals surface area contributed by atoms with Crippen molar-refractivity contribution in [3.63, 3.8) is 0 Å². The van der Waals surface area contributed by atoms with Gasteiger partial charge >= 0.3 is 20.8 Å². The van der Waals surface area contributed by atoms with E-state index in [1.54, 1.807) is 0 Å². The molecule has 0 aromatic heterocycles. The average molecular weight is 240 g/mol. The first-order valence-corrected chi connectivity index (χ1v) is 5.00. The molecule has 0 aromatic carbocycles. The minimum Gasteiger partial charge on any atom is -0.304 e. The van der Waals surface area contributed by atoms with E-state index in [9.17, 15) is 0 Å². The quantitative estimate of drug-likeness (QED) is 0.303. The van der Waals surface area contributed by atoms with Crippen LogP contribution in [-0.4, -0.2) is 41.3 Å². The smallest absolute Gasteiger partial charge is 0.304 e. The molecule has 4 N–H and O–H groups in total. The molecule has 0 bridgehead atoms. The summed E-state index contributed by atoms with van der Waals surface area (Å²) >= 11 is 0. The Morgan fingerprint density at radius 3 is 0.846 bits per heavy atom. The Labute approximate surface area is 74.5 Å². The van der Waals surface area contributed by atoms with Gasteiger partial charge in [0, 0.05) is 0 Å². The van der Waals surface area contributed by atoms with Crippen LogP contribution in [-0.2, 0) is 25.6 Å². The molecule has 0 aliphatic carbocycles. The van der Waals surface area contributed by atoms with E-state index in [1.165, 1.54) is 6.92 Å². The standard InChI is InChI=1S/C2H4O.2H2O4S/c1-2-3;2*1-5(2,3)4/h2H,1H3;2*(H2,1,2,3,4). The van der Waals surface area contributed by atoms with Gasteiger partial charge in [0.1, 0.15) is 6.29 Å². The van der Waals surface area contributed by atoms with E-state index >= 15 is 0 Å². The lowest BCUT2D eigenvalue weighted by Crippen LogP contribution is -1.89. The monoisotopic (exact) mass is 240 g/mol. The molecule has 0 aliphatic heterocycles. The molecule has 0 atom stereocenters. The number of carbonyl (C=O) groups excluding carboxylic acids is 1. The third-order valence-corrected chi connectivity index (χ3v) is 0. The third kappa shape index (κ3) is 2900. The molecule has 0 saturated heterocycles. The van der Waals surface area contributed by atoms with Crippen LogP contribution in [0.3, 0.4) is 0 Å². The molecule has 0 unspecified atom stereocenters. The fraction of sp³-hybridized carbons (Fsp3) is 0.500. The molecule has 0 saturated carbocycles. The van der Waals surface area contributed by atoms with Gasteiger partial charge in [0.05, 0.1) is 0 Å². The Hall–Kier alpha value is -0.590. The summed E-state index contributed by atoms with van der Waals surface area (Å²) in [6.07, 6.45) is 0.750. The lowest BCUT2D eigenvalue weighted by Gasteiger charge is -1.68. The summed E-state index contributed by atoms with van der Waals surface area (Å²) in [5.74, 6) is 0. The number of rotatable bonds is 0. The maximum absolute atomic E-state index is 8.81. The van der Waals surface area contributed by atoms with E-state index in [4.69, 9.17) is 39.8 Å². The number of aldehydes is 1. The van der Waals surface area contributed by atoms with Gasteiger partial charge in [-0.1, -0.05) is 0 Å². The van der Waals surface area contributed by atoms with E-state index in [0.29, 0.717) is 0 Å². The Balaban J connectivity index is -0.000000120. The largest absolute Gasteiger partial charge is 0.394 e. The fourth-order valence-electron chi connectivity index (χ4n) is 0. The molecule has 0 rings (SSSR count). The summed E-state index contributed by atoms with van der Waals surface area (Å²) in [6, 6.07) is 0. The zero-order valence-corrected chi connectivity index (χ0v) is 7.86. The van der Waals surface area contributed by atoms with Gasteiger partial charge in [-0.3, -0.25) is 18.2 Å². The molecule has 11 heteroatoms. The van der Waals surface area contributed by atoms with Gasteiger partial charge in [-0.25, -0.2) is 0 Å². The van der Waals surface area contributed by atoms with Crippen molar-refractivity contribution in [1.29, 1.82) is 0 Å². The molecule has 0 fully saturated rings. The zero-order chi connectivity index (χ0) is 11.7. The van der Waals surface area contributed by atoms with Crippen molar-refractivity contribution in [3.8, 4) is 0 Å². The highest BCUT2D eigenvalue weighted by atomic mass is 32.3. The summed E-state index contributed by atoms with van der Waals surface area (Å²) in [4.78, 5) is 8.81. The minimum absolute atomic E-state index is 0.750. The van der Waals surface area contributed by atoms with Crippen molar-refractivity contribution in [2.24, 2.45) is 0 Å². The Kier molecular flexibility index (Phi) is 11.3. The molecule has 82 valence electrons. The summed E-state index contributed by atoms with van der Waals surface area (Å²) in [5, 5.41) is 0. The molecule has 9 nitrogen and oxygen atoms in total. The SMILES string of the molecule is CC=O.O=S(=O)(O)O.O=S(=O)(O)O. The van der Waals surface area contributed by atoms with Crippen LogP contribution >= 0.6 is 0 Å². The molecule has 0 aromatic rings. The first kappa shape index (κ1) is 18.2. The van der Waals surface area contributed by atoms with E-state index in [0.717, 1.165) is 6.29 Å². The Morgan fingerprint density at radius 2 is 0.846 bits per heavy atom. The lowest BCUT2D eigenvalue weighted by atomic mass is 11.0. The molecule has 0 spiro atoms. The lowest BCUT2D eigenvalue weighted by molar-refractivity contribution is -0.106. The van der Waals surface area contributed by atoms with Crippen LogP contribution in [0, 0.1) is 0 Å². The molecule has 13 heavy (non-hydrogen) atoms. The summed E-state index contributed by atoms with van der Waals surface area (Å²) in [6.45, 7) is 1.44. The predicted octanol–water partition coefficient (Wildman–Crippen LogP) is -1.10. The molecule has 0 amide bonds. The van der Waals surface area contributed by atoms with Crippen molar-refractivity contribution < 1.29 is 39.8 Å². The topological polar surface area (TPSA) is 166 Å². The number of carbonyl (C=O) groups is 1. The van der Waals surface area contributed by atoms with Crippen molar-refractivity contribution in [2.75, 3.05) is 0 Å². The van der Waals surface area contributed by atoms with Gasteiger partial charge in [0.2, 0.25) is 0 Å². The van der Waals surface area contributed by atoms with Crippen molar-refractivity contribution in [1.82, 2.24) is 0 Å². The van der Waals surface area contributed by atoms with Crippen LogP contribution in [0.25, 0.3) is 0 Å². The molecule has 0 aliphatic rings. The van der Waals surface area contributed by atoms with E-state index in [2.05, 4.69) is 0 Å². The van der Waals surface area contributed by atoms with Gasteiger partial charge in [0.15, 0.2) is 0 Å². The van der Waals surface area contributed by atoms with Gasteiger partial charge in [-0.05, 0) is 6.92 Å². The average Bonchev–Trinajstić information content (AvgIpc) is 1.52. The number of hydrogen-bond donors (Lipinski definition) is 4. The van der Waals surface area contributed by atoms with Crippen LogP contribution in [0.5, 0.6) is 0 Å². The van der Waals surface area contributed by atoms with Crippen LogP contribution in [0.15, 0.2) is 0 Å². The Bertz CT molecular complexity index is 249. The molecule has 0 radical (unpaired) electrons. The second-order valence-electron chi connectivity index (χ2n) is 1.13. The molecular weight excluding hydrogens is 232 g/mol. The predicted molar refractivity (Wildman–Crippen MR) is 40.1 cm³/mol. The van der Waals surface area contributed by atoms with Crippen LogP contribution in [0.2, 0.25) is 0 Å². The van der Waals surface area contributed by atoms with Gasteiger partial charge in [0.25, 0.3) is 0 Å². The van der Waals surface area contributed by atoms with E-state index in [1.807, 2.05) is 0 Å². The van der Waals surface area contributed by atoms with Crippen LogP contribution in [0.1, 0.15) is 6.92 Å². The first-order chi connectivity index (χ1) is 5.41. The highest BCUT2D eigenvalue weighted by Gasteiger charge is 1.85. The highest BCUT2D eigenvalue weighted by molar-refractivity contribution is 7.80. The normalized spacial score (nSPS) is 9.92. The highest BCUT2D eigenvalue weighted by Crippen LogP contribution is 1.59. The Morgan fingerprint density at radius 1 is 0.846 bits per heavy atom. The van der Waals surface area contributed by atoms with Gasteiger partial charge < -0.3 is 4.79 Å². The second-order valence-corrected chi connectivity index (χ2v) is 2.92. The third-order valence-electron chi connectivity index (χ3n) is 0. The second kappa shape index (κ2) is 8.03. The molecule has 0 heterocycles. The van der Waals surface area contributed by atoms with E-state index in [-0.39, 0.29) is 0 Å². The van der Waals surface area contributed by atoms with Crippen LogP contribution < -0.4 is 0 Å². The van der Waals surface area contributed by atoms with Crippen molar-refractivity contribution in [3.05, 3.63) is 0 Å². The van der Waals surface area contributed by atoms with Crippen molar-refractivity contribution in [2.45, 2.75) is 6.92 Å². The fourth-order valence-corrected chi connectivity index (χ4v) is 0. The maximum atomic E-state index is 8.81. The maximum Gasteiger partial charge on any atom is 0.394 e. The number of hydrogen-bond acceptors (Lipinski definition) is 5. The van der Waals surface area contributed by atoms with Gasteiger partial charge in [-0.15, -0.1) is 0 Å².